The molecule has 1 amide bonds. The highest BCUT2D eigenvalue weighted by atomic mass is 35.5. The zero-order valence-corrected chi connectivity index (χ0v) is 16.0. The van der Waals surface area contributed by atoms with Crippen LogP contribution in [0.15, 0.2) is 42.5 Å². The SMILES string of the molecule is CCOc1ccc(C(=O)N[C@H](C)COC)cc1COc1ccccc1Cl. The van der Waals surface area contributed by atoms with Gasteiger partial charge in [-0.1, -0.05) is 23.7 Å². The van der Waals surface area contributed by atoms with Crippen LogP contribution in [0, 0.1) is 0 Å². The summed E-state index contributed by atoms with van der Waals surface area (Å²) in [5.41, 5.74) is 1.31. The monoisotopic (exact) mass is 377 g/mol. The van der Waals surface area contributed by atoms with Crippen molar-refractivity contribution in [2.24, 2.45) is 0 Å². The molecule has 0 heterocycles. The zero-order chi connectivity index (χ0) is 18.9. The van der Waals surface area contributed by atoms with E-state index in [0.717, 1.165) is 5.56 Å². The van der Waals surface area contributed by atoms with Crippen molar-refractivity contribution in [3.8, 4) is 11.5 Å². The Kier molecular flexibility index (Phi) is 7.75. The first-order valence-corrected chi connectivity index (χ1v) is 8.85. The second kappa shape index (κ2) is 10.0. The zero-order valence-electron chi connectivity index (χ0n) is 15.3. The van der Waals surface area contributed by atoms with Gasteiger partial charge < -0.3 is 19.5 Å². The molecule has 0 bridgehead atoms. The highest BCUT2D eigenvalue weighted by Crippen LogP contribution is 2.27. The number of methoxy groups -OCH3 is 1. The van der Waals surface area contributed by atoms with Crippen molar-refractivity contribution < 1.29 is 19.0 Å². The van der Waals surface area contributed by atoms with Crippen LogP contribution in [0.3, 0.4) is 0 Å². The Bertz CT molecular complexity index is 736. The van der Waals surface area contributed by atoms with Crippen LogP contribution < -0.4 is 14.8 Å². The molecule has 0 spiro atoms. The van der Waals surface area contributed by atoms with Gasteiger partial charge >= 0.3 is 0 Å². The summed E-state index contributed by atoms with van der Waals surface area (Å²) in [7, 11) is 1.60. The quantitative estimate of drug-likeness (QED) is 0.715. The largest absolute Gasteiger partial charge is 0.493 e. The van der Waals surface area contributed by atoms with E-state index in [1.165, 1.54) is 0 Å². The van der Waals surface area contributed by atoms with Crippen LogP contribution in [0.4, 0.5) is 0 Å². The van der Waals surface area contributed by atoms with Crippen molar-refractivity contribution in [2.75, 3.05) is 20.3 Å². The lowest BCUT2D eigenvalue weighted by Gasteiger charge is -2.16. The Morgan fingerprint density at radius 2 is 1.92 bits per heavy atom. The first-order valence-electron chi connectivity index (χ1n) is 8.48. The molecular formula is C20H24ClNO4. The summed E-state index contributed by atoms with van der Waals surface area (Å²) < 4.78 is 16.5. The van der Waals surface area contributed by atoms with E-state index in [4.69, 9.17) is 25.8 Å². The van der Waals surface area contributed by atoms with Crippen molar-refractivity contribution in [3.05, 3.63) is 58.6 Å². The number of halogens is 1. The van der Waals surface area contributed by atoms with Gasteiger partial charge in [0.15, 0.2) is 0 Å². The number of nitrogens with one attached hydrogen (secondary N) is 1. The third-order valence-electron chi connectivity index (χ3n) is 3.64. The van der Waals surface area contributed by atoms with E-state index in [-0.39, 0.29) is 18.6 Å². The Balaban J connectivity index is 2.16. The number of rotatable bonds is 9. The number of amides is 1. The number of carbonyl (C=O) groups excluding carboxylic acids is 1. The smallest absolute Gasteiger partial charge is 0.251 e. The van der Waals surface area contributed by atoms with Crippen molar-refractivity contribution in [1.29, 1.82) is 0 Å². The Labute approximate surface area is 159 Å². The summed E-state index contributed by atoms with van der Waals surface area (Å²) >= 11 is 6.13. The van der Waals surface area contributed by atoms with E-state index in [1.54, 1.807) is 37.4 Å². The summed E-state index contributed by atoms with van der Waals surface area (Å²) in [6.45, 7) is 5.01. The molecule has 2 rings (SSSR count). The number of hydrogen-bond donors (Lipinski definition) is 1. The van der Waals surface area contributed by atoms with Gasteiger partial charge in [0.1, 0.15) is 18.1 Å². The average Bonchev–Trinajstić information content (AvgIpc) is 2.62. The van der Waals surface area contributed by atoms with Crippen LogP contribution in [-0.2, 0) is 11.3 Å². The molecule has 0 saturated carbocycles. The third-order valence-corrected chi connectivity index (χ3v) is 3.95. The van der Waals surface area contributed by atoms with E-state index in [1.807, 2.05) is 26.0 Å². The molecule has 26 heavy (non-hydrogen) atoms. The molecule has 0 radical (unpaired) electrons. The molecule has 6 heteroatoms. The second-order valence-electron chi connectivity index (χ2n) is 5.80. The van der Waals surface area contributed by atoms with Crippen molar-refractivity contribution >= 4 is 17.5 Å². The van der Waals surface area contributed by atoms with Crippen LogP contribution in [0.5, 0.6) is 11.5 Å². The summed E-state index contributed by atoms with van der Waals surface area (Å²) in [4.78, 5) is 12.4. The number of para-hydroxylation sites is 1. The number of carbonyl (C=O) groups is 1. The fourth-order valence-electron chi connectivity index (χ4n) is 2.45. The van der Waals surface area contributed by atoms with E-state index < -0.39 is 0 Å². The average molecular weight is 378 g/mol. The normalized spacial score (nSPS) is 11.7. The number of ether oxygens (including phenoxy) is 3. The summed E-state index contributed by atoms with van der Waals surface area (Å²) in [5, 5.41) is 3.43. The minimum Gasteiger partial charge on any atom is -0.493 e. The van der Waals surface area contributed by atoms with Crippen LogP contribution >= 0.6 is 11.6 Å². The van der Waals surface area contributed by atoms with Crippen LogP contribution in [-0.4, -0.2) is 32.3 Å². The first-order chi connectivity index (χ1) is 12.5. The van der Waals surface area contributed by atoms with E-state index in [0.29, 0.717) is 35.3 Å². The van der Waals surface area contributed by atoms with Crippen molar-refractivity contribution in [3.63, 3.8) is 0 Å². The van der Waals surface area contributed by atoms with Gasteiger partial charge in [-0.05, 0) is 44.2 Å². The van der Waals surface area contributed by atoms with Crippen molar-refractivity contribution in [1.82, 2.24) is 5.32 Å². The number of benzene rings is 2. The third kappa shape index (κ3) is 5.64. The van der Waals surface area contributed by atoms with Gasteiger partial charge in [-0.25, -0.2) is 0 Å². The van der Waals surface area contributed by atoms with Gasteiger partial charge in [-0.15, -0.1) is 0 Å². The Hall–Kier alpha value is -2.24. The summed E-state index contributed by atoms with van der Waals surface area (Å²) in [5.74, 6) is 1.10. The maximum atomic E-state index is 12.4. The maximum absolute atomic E-state index is 12.4. The molecule has 0 aliphatic heterocycles. The molecule has 2 aromatic rings. The molecule has 0 aliphatic rings. The minimum atomic E-state index is -0.170. The lowest BCUT2D eigenvalue weighted by Crippen LogP contribution is -2.35. The highest BCUT2D eigenvalue weighted by molar-refractivity contribution is 6.32. The molecule has 0 aromatic heterocycles. The lowest BCUT2D eigenvalue weighted by molar-refractivity contribution is 0.0905. The molecule has 2 aromatic carbocycles. The van der Waals surface area contributed by atoms with Gasteiger partial charge in [0.05, 0.1) is 18.2 Å². The van der Waals surface area contributed by atoms with Crippen LogP contribution in [0.25, 0.3) is 0 Å². The highest BCUT2D eigenvalue weighted by Gasteiger charge is 2.14. The molecular weight excluding hydrogens is 354 g/mol. The van der Waals surface area contributed by atoms with Crippen LogP contribution in [0.2, 0.25) is 5.02 Å². The fourth-order valence-corrected chi connectivity index (χ4v) is 2.64. The Morgan fingerprint density at radius 1 is 1.15 bits per heavy atom. The van der Waals surface area contributed by atoms with Gasteiger partial charge in [0, 0.05) is 24.3 Å². The standard InChI is InChI=1S/C20H24ClNO4/c1-4-25-18-10-9-15(20(23)22-14(2)12-24-3)11-16(18)13-26-19-8-6-5-7-17(19)21/h5-11,14H,4,12-13H2,1-3H3,(H,22,23)/t14-/m1/s1. The van der Waals surface area contributed by atoms with Gasteiger partial charge in [0.2, 0.25) is 0 Å². The number of hydrogen-bond acceptors (Lipinski definition) is 4. The Morgan fingerprint density at radius 3 is 2.62 bits per heavy atom. The second-order valence-corrected chi connectivity index (χ2v) is 6.21. The summed E-state index contributed by atoms with van der Waals surface area (Å²) in [6, 6.07) is 12.5. The molecule has 140 valence electrons. The topological polar surface area (TPSA) is 56.8 Å². The minimum absolute atomic E-state index is 0.0816. The molecule has 0 saturated heterocycles. The molecule has 5 nitrogen and oxygen atoms in total. The molecule has 0 aliphatic carbocycles. The van der Waals surface area contributed by atoms with Gasteiger partial charge in [-0.2, -0.15) is 0 Å². The van der Waals surface area contributed by atoms with Gasteiger partial charge in [-0.3, -0.25) is 4.79 Å². The molecule has 0 unspecified atom stereocenters. The predicted molar refractivity (Wildman–Crippen MR) is 102 cm³/mol. The van der Waals surface area contributed by atoms with Crippen molar-refractivity contribution in [2.45, 2.75) is 26.5 Å². The molecule has 1 N–H and O–H groups in total. The molecule has 0 fully saturated rings. The van der Waals surface area contributed by atoms with E-state index in [9.17, 15) is 4.79 Å². The van der Waals surface area contributed by atoms with Gasteiger partial charge in [0.25, 0.3) is 5.91 Å². The maximum Gasteiger partial charge on any atom is 0.251 e. The van der Waals surface area contributed by atoms with E-state index >= 15 is 0 Å². The lowest BCUT2D eigenvalue weighted by atomic mass is 10.1. The molecule has 1 atom stereocenters. The fraction of sp³-hybridized carbons (Fsp3) is 0.350. The summed E-state index contributed by atoms with van der Waals surface area (Å²) in [6.07, 6.45) is 0. The van der Waals surface area contributed by atoms with Crippen LogP contribution in [0.1, 0.15) is 29.8 Å². The first kappa shape index (κ1) is 20.1. The predicted octanol–water partition coefficient (Wildman–Crippen LogP) is 4.08. The van der Waals surface area contributed by atoms with E-state index in [2.05, 4.69) is 5.32 Å².